The first-order valence-corrected chi connectivity index (χ1v) is 6.59. The molecule has 0 radical (unpaired) electrons. The third kappa shape index (κ3) is 2.57. The number of rotatable bonds is 4. The van der Waals surface area contributed by atoms with E-state index in [0.29, 0.717) is 31.3 Å². The predicted molar refractivity (Wildman–Crippen MR) is 67.5 cm³/mol. The van der Waals surface area contributed by atoms with Gasteiger partial charge in [-0.25, -0.2) is 0 Å². The van der Waals surface area contributed by atoms with E-state index < -0.39 is 6.29 Å². The average Bonchev–Trinajstić information content (AvgIpc) is 3.08. The van der Waals surface area contributed by atoms with Crippen LogP contribution in [0.2, 0.25) is 0 Å². The lowest BCUT2D eigenvalue weighted by Crippen LogP contribution is -2.11. The minimum atomic E-state index is -0.464. The van der Waals surface area contributed by atoms with Crippen molar-refractivity contribution in [3.8, 4) is 11.5 Å². The molecule has 1 saturated heterocycles. The summed E-state index contributed by atoms with van der Waals surface area (Å²) in [5, 5.41) is 0. The number of carbonyl (C=O) groups excluding carboxylic acids is 1. The van der Waals surface area contributed by atoms with Gasteiger partial charge in [-0.05, 0) is 24.6 Å². The van der Waals surface area contributed by atoms with Crippen LogP contribution >= 0.6 is 0 Å². The summed E-state index contributed by atoms with van der Waals surface area (Å²) in [6.07, 6.45) is -0.308. The summed E-state index contributed by atoms with van der Waals surface area (Å²) in [5.74, 6) is 0.989. The fraction of sp³-hybridized carbons (Fsp3) is 0.500. The second-order valence-corrected chi connectivity index (χ2v) is 4.46. The van der Waals surface area contributed by atoms with Crippen LogP contribution in [-0.2, 0) is 25.4 Å². The lowest BCUT2D eigenvalue weighted by atomic mass is 10.0. The molecule has 1 fully saturated rings. The maximum atomic E-state index is 11.7. The maximum absolute atomic E-state index is 11.7. The highest BCUT2D eigenvalue weighted by Gasteiger charge is 2.26. The summed E-state index contributed by atoms with van der Waals surface area (Å²) >= 11 is 0. The van der Waals surface area contributed by atoms with Gasteiger partial charge in [0.25, 0.3) is 0 Å². The standard InChI is InChI=1S/C14H16O6/c1-2-16-13(15)6-9-5-11-12(20-8-19-11)7-10(9)14-17-3-4-18-14/h5,7,14H,2-4,6,8H2,1H3. The van der Waals surface area contributed by atoms with Crippen molar-refractivity contribution in [2.45, 2.75) is 19.6 Å². The van der Waals surface area contributed by atoms with E-state index in [9.17, 15) is 4.79 Å². The van der Waals surface area contributed by atoms with Crippen LogP contribution in [0.1, 0.15) is 24.3 Å². The van der Waals surface area contributed by atoms with Crippen LogP contribution in [0.3, 0.4) is 0 Å². The summed E-state index contributed by atoms with van der Waals surface area (Å²) in [6.45, 7) is 3.40. The van der Waals surface area contributed by atoms with Crippen molar-refractivity contribution in [3.63, 3.8) is 0 Å². The van der Waals surface area contributed by atoms with Crippen molar-refractivity contribution < 1.29 is 28.5 Å². The molecule has 0 bridgehead atoms. The number of carbonyl (C=O) groups is 1. The minimum Gasteiger partial charge on any atom is -0.466 e. The highest BCUT2D eigenvalue weighted by Crippen LogP contribution is 2.39. The van der Waals surface area contributed by atoms with Crippen LogP contribution < -0.4 is 9.47 Å². The van der Waals surface area contributed by atoms with Gasteiger partial charge in [0, 0.05) is 5.56 Å². The van der Waals surface area contributed by atoms with Crippen molar-refractivity contribution in [1.29, 1.82) is 0 Å². The van der Waals surface area contributed by atoms with Crippen molar-refractivity contribution >= 4 is 5.97 Å². The molecule has 6 nitrogen and oxygen atoms in total. The Labute approximate surface area is 116 Å². The number of hydrogen-bond donors (Lipinski definition) is 0. The average molecular weight is 280 g/mol. The topological polar surface area (TPSA) is 63.2 Å². The van der Waals surface area contributed by atoms with E-state index in [-0.39, 0.29) is 19.2 Å². The first-order valence-electron chi connectivity index (χ1n) is 6.59. The molecule has 2 aliphatic heterocycles. The molecule has 1 aromatic rings. The van der Waals surface area contributed by atoms with Crippen LogP contribution in [0, 0.1) is 0 Å². The van der Waals surface area contributed by atoms with Gasteiger partial charge < -0.3 is 23.7 Å². The molecule has 3 rings (SSSR count). The zero-order valence-electron chi connectivity index (χ0n) is 11.2. The molecule has 2 aliphatic rings. The van der Waals surface area contributed by atoms with Gasteiger partial charge in [0.15, 0.2) is 17.8 Å². The Bertz CT molecular complexity index is 507. The van der Waals surface area contributed by atoms with E-state index in [1.165, 1.54) is 0 Å². The molecule has 0 saturated carbocycles. The molecule has 6 heteroatoms. The molecule has 1 aromatic carbocycles. The Morgan fingerprint density at radius 2 is 1.95 bits per heavy atom. The Balaban J connectivity index is 1.90. The highest BCUT2D eigenvalue weighted by molar-refractivity contribution is 5.73. The number of ether oxygens (including phenoxy) is 5. The van der Waals surface area contributed by atoms with Crippen molar-refractivity contribution in [3.05, 3.63) is 23.3 Å². The number of fused-ring (bicyclic) bond motifs is 1. The van der Waals surface area contributed by atoms with Crippen molar-refractivity contribution in [2.75, 3.05) is 26.6 Å². The Kier molecular flexibility index (Phi) is 3.75. The van der Waals surface area contributed by atoms with E-state index in [0.717, 1.165) is 11.1 Å². The van der Waals surface area contributed by atoms with Crippen LogP contribution in [0.4, 0.5) is 0 Å². The summed E-state index contributed by atoms with van der Waals surface area (Å²) in [4.78, 5) is 11.7. The highest BCUT2D eigenvalue weighted by atomic mass is 16.7. The van der Waals surface area contributed by atoms with E-state index >= 15 is 0 Å². The summed E-state index contributed by atoms with van der Waals surface area (Å²) in [7, 11) is 0. The van der Waals surface area contributed by atoms with Gasteiger partial charge in [0.2, 0.25) is 6.79 Å². The van der Waals surface area contributed by atoms with Crippen LogP contribution in [0.15, 0.2) is 12.1 Å². The van der Waals surface area contributed by atoms with Gasteiger partial charge in [-0.2, -0.15) is 0 Å². The first kappa shape index (κ1) is 13.2. The van der Waals surface area contributed by atoms with E-state index in [1.54, 1.807) is 13.0 Å². The SMILES string of the molecule is CCOC(=O)Cc1cc2c(cc1C1OCCO1)OCO2. The van der Waals surface area contributed by atoms with Gasteiger partial charge in [0.1, 0.15) is 0 Å². The zero-order valence-corrected chi connectivity index (χ0v) is 11.2. The van der Waals surface area contributed by atoms with Gasteiger partial charge in [0.05, 0.1) is 26.2 Å². The normalized spacial score (nSPS) is 17.4. The van der Waals surface area contributed by atoms with Gasteiger partial charge >= 0.3 is 5.97 Å². The third-order valence-electron chi connectivity index (χ3n) is 3.15. The van der Waals surface area contributed by atoms with Gasteiger partial charge in [-0.1, -0.05) is 0 Å². The maximum Gasteiger partial charge on any atom is 0.310 e. The van der Waals surface area contributed by atoms with Crippen LogP contribution in [-0.4, -0.2) is 32.6 Å². The Morgan fingerprint density at radius 3 is 2.65 bits per heavy atom. The molecular formula is C14H16O6. The van der Waals surface area contributed by atoms with E-state index in [1.807, 2.05) is 6.07 Å². The smallest absolute Gasteiger partial charge is 0.310 e. The fourth-order valence-electron chi connectivity index (χ4n) is 2.28. The van der Waals surface area contributed by atoms with Gasteiger partial charge in [-0.15, -0.1) is 0 Å². The number of esters is 1. The molecule has 0 aliphatic carbocycles. The van der Waals surface area contributed by atoms with Crippen molar-refractivity contribution in [1.82, 2.24) is 0 Å². The zero-order chi connectivity index (χ0) is 13.9. The number of hydrogen-bond acceptors (Lipinski definition) is 6. The molecule has 108 valence electrons. The lowest BCUT2D eigenvalue weighted by molar-refractivity contribution is -0.142. The molecular weight excluding hydrogens is 264 g/mol. The Hall–Kier alpha value is -1.79. The number of benzene rings is 1. The quantitative estimate of drug-likeness (QED) is 0.780. The summed E-state index contributed by atoms with van der Waals surface area (Å²) < 4.78 is 26.7. The first-order chi connectivity index (χ1) is 9.78. The monoisotopic (exact) mass is 280 g/mol. The van der Waals surface area contributed by atoms with E-state index in [2.05, 4.69) is 0 Å². The summed E-state index contributed by atoms with van der Waals surface area (Å²) in [6, 6.07) is 3.60. The van der Waals surface area contributed by atoms with E-state index in [4.69, 9.17) is 23.7 Å². The second-order valence-electron chi connectivity index (χ2n) is 4.46. The molecule has 0 atom stereocenters. The molecule has 0 amide bonds. The molecule has 0 N–H and O–H groups in total. The van der Waals surface area contributed by atoms with Crippen LogP contribution in [0.5, 0.6) is 11.5 Å². The summed E-state index contributed by atoms with van der Waals surface area (Å²) in [5.41, 5.74) is 1.57. The molecule has 2 heterocycles. The lowest BCUT2D eigenvalue weighted by Gasteiger charge is -2.15. The molecule has 20 heavy (non-hydrogen) atoms. The van der Waals surface area contributed by atoms with Crippen LogP contribution in [0.25, 0.3) is 0 Å². The van der Waals surface area contributed by atoms with Gasteiger partial charge in [-0.3, -0.25) is 4.79 Å². The third-order valence-corrected chi connectivity index (χ3v) is 3.15. The predicted octanol–water partition coefficient (Wildman–Crippen LogP) is 1.57. The minimum absolute atomic E-state index is 0.156. The van der Waals surface area contributed by atoms with Crippen molar-refractivity contribution in [2.24, 2.45) is 0 Å². The molecule has 0 aromatic heterocycles. The molecule has 0 unspecified atom stereocenters. The Morgan fingerprint density at radius 1 is 1.25 bits per heavy atom. The second kappa shape index (κ2) is 5.68. The fourth-order valence-corrected chi connectivity index (χ4v) is 2.28. The molecule has 0 spiro atoms. The largest absolute Gasteiger partial charge is 0.466 e.